The number of fused-ring (bicyclic) bond motifs is 3. The van der Waals surface area contributed by atoms with E-state index >= 15 is 0 Å². The van der Waals surface area contributed by atoms with Crippen LogP contribution in [0.4, 0.5) is 17.1 Å². The van der Waals surface area contributed by atoms with Crippen molar-refractivity contribution < 1.29 is 26.2 Å². The summed E-state index contributed by atoms with van der Waals surface area (Å²) in [6, 6.07) is 23.4. The van der Waals surface area contributed by atoms with E-state index in [1.165, 1.54) is 21.5 Å². The smallest absolute Gasteiger partial charge is 0.447 e. The molecule has 126 valence electrons. The number of hydrogen-bond acceptors (Lipinski definition) is 3. The summed E-state index contributed by atoms with van der Waals surface area (Å²) in [6.45, 7) is 0. The van der Waals surface area contributed by atoms with E-state index in [0.717, 1.165) is 17.1 Å². The second-order valence-corrected chi connectivity index (χ2v) is 5.60. The van der Waals surface area contributed by atoms with Crippen LogP contribution in [0.25, 0.3) is 21.5 Å². The van der Waals surface area contributed by atoms with Crippen molar-refractivity contribution in [3.8, 4) is 0 Å². The van der Waals surface area contributed by atoms with Gasteiger partial charge in [0.1, 0.15) is 0 Å². The molecule has 0 aliphatic rings. The zero-order valence-corrected chi connectivity index (χ0v) is 17.3. The summed E-state index contributed by atoms with van der Waals surface area (Å²) in [5.74, 6) is 0. The summed E-state index contributed by atoms with van der Waals surface area (Å²) in [5.41, 5.74) is 3.36. The van der Waals surface area contributed by atoms with Crippen molar-refractivity contribution in [3.05, 3.63) is 66.7 Å². The van der Waals surface area contributed by atoms with Gasteiger partial charge in [-0.15, -0.1) is 45.8 Å². The van der Waals surface area contributed by atoms with Crippen LogP contribution in [0.3, 0.4) is 0 Å². The molecule has 25 heavy (non-hydrogen) atoms. The molecule has 0 aliphatic heterocycles. The summed E-state index contributed by atoms with van der Waals surface area (Å²) in [6.07, 6.45) is 0. The van der Waals surface area contributed by atoms with Gasteiger partial charge in [-0.2, -0.15) is 6.07 Å². The molecule has 4 aromatic carbocycles. The summed E-state index contributed by atoms with van der Waals surface area (Å²) < 4.78 is 0. The second kappa shape index (κ2) is 8.87. The number of nitrogens with one attached hydrogen (secondary N) is 3. The van der Waals surface area contributed by atoms with Gasteiger partial charge in [0.25, 0.3) is 0 Å². The molecule has 4 aromatic rings. The summed E-state index contributed by atoms with van der Waals surface area (Å²) in [5, 5.41) is 14.7. The zero-order chi connectivity index (χ0) is 16.9. The fourth-order valence-electron chi connectivity index (χ4n) is 3.07. The first-order valence-electron chi connectivity index (χ1n) is 8.14. The maximum absolute atomic E-state index is 3.12. The van der Waals surface area contributed by atoms with Gasteiger partial charge in [-0.3, -0.25) is 0 Å². The van der Waals surface area contributed by atoms with E-state index in [2.05, 4.69) is 70.5 Å². The van der Waals surface area contributed by atoms with Crippen molar-refractivity contribution in [3.63, 3.8) is 0 Å². The Hall–Kier alpha value is -2.06. The van der Waals surface area contributed by atoms with Crippen LogP contribution in [0.15, 0.2) is 66.7 Å². The first kappa shape index (κ1) is 19.3. The number of benzene rings is 2. The summed E-state index contributed by atoms with van der Waals surface area (Å²) in [4.78, 5) is 0. The predicted octanol–water partition coefficient (Wildman–Crippen LogP) is 5.24. The van der Waals surface area contributed by atoms with Gasteiger partial charge in [0.15, 0.2) is 0 Å². The molecule has 0 bridgehead atoms. The molecule has 0 aromatic heterocycles. The van der Waals surface area contributed by atoms with Gasteiger partial charge in [0.05, 0.1) is 0 Å². The minimum Gasteiger partial charge on any atom is -0.447 e. The SMILES string of the molecule is CNc1c[cH-]c(NC)c1NC.[Zr+2].c1ccc2c(c1)[cH-]c1ccccc12. The van der Waals surface area contributed by atoms with Crippen LogP contribution in [0.2, 0.25) is 0 Å². The molecule has 0 aliphatic carbocycles. The van der Waals surface area contributed by atoms with Crippen molar-refractivity contribution >= 4 is 38.6 Å². The fourth-order valence-corrected chi connectivity index (χ4v) is 3.07. The summed E-state index contributed by atoms with van der Waals surface area (Å²) in [7, 11) is 5.74. The molecule has 0 fully saturated rings. The molecule has 0 spiro atoms. The van der Waals surface area contributed by atoms with Crippen molar-refractivity contribution in [1.82, 2.24) is 0 Å². The molecular weight excluding hydrogens is 385 g/mol. The van der Waals surface area contributed by atoms with Crippen molar-refractivity contribution in [2.24, 2.45) is 0 Å². The van der Waals surface area contributed by atoms with Gasteiger partial charge in [-0.25, -0.2) is 0 Å². The molecule has 4 heteroatoms. The minimum absolute atomic E-state index is 0. The molecule has 3 N–H and O–H groups in total. The van der Waals surface area contributed by atoms with Crippen LogP contribution in [0.1, 0.15) is 0 Å². The molecule has 0 unspecified atom stereocenters. The average Bonchev–Trinajstić information content (AvgIpc) is 3.22. The molecule has 0 radical (unpaired) electrons. The van der Waals surface area contributed by atoms with Crippen LogP contribution >= 0.6 is 0 Å². The molecule has 0 heterocycles. The van der Waals surface area contributed by atoms with E-state index in [-0.39, 0.29) is 26.2 Å². The third-order valence-corrected chi connectivity index (χ3v) is 4.27. The Morgan fingerprint density at radius 2 is 1.28 bits per heavy atom. The Morgan fingerprint density at radius 1 is 0.720 bits per heavy atom. The van der Waals surface area contributed by atoms with Gasteiger partial charge in [-0.1, -0.05) is 53.5 Å². The molecule has 0 saturated heterocycles. The van der Waals surface area contributed by atoms with Crippen LogP contribution < -0.4 is 16.0 Å². The summed E-state index contributed by atoms with van der Waals surface area (Å²) >= 11 is 0. The maximum Gasteiger partial charge on any atom is 2.00 e. The number of rotatable bonds is 3. The number of hydrogen-bond donors (Lipinski definition) is 3. The average molecular weight is 409 g/mol. The van der Waals surface area contributed by atoms with E-state index < -0.39 is 0 Å². The van der Waals surface area contributed by atoms with Gasteiger partial charge in [-0.05, 0) is 14.1 Å². The van der Waals surface area contributed by atoms with Gasteiger partial charge >= 0.3 is 26.2 Å². The molecular formula is C21H23N3Zr. The Bertz CT molecular complexity index is 865. The van der Waals surface area contributed by atoms with Crippen LogP contribution in [0, 0.1) is 0 Å². The van der Waals surface area contributed by atoms with Gasteiger partial charge in [0, 0.05) is 7.05 Å². The Labute approximate surface area is 168 Å². The maximum atomic E-state index is 3.12. The molecule has 0 atom stereocenters. The van der Waals surface area contributed by atoms with Gasteiger partial charge in [0.2, 0.25) is 0 Å². The van der Waals surface area contributed by atoms with Crippen LogP contribution in [-0.4, -0.2) is 21.1 Å². The Morgan fingerprint density at radius 3 is 1.76 bits per heavy atom. The Balaban J connectivity index is 0.000000176. The first-order valence-corrected chi connectivity index (χ1v) is 8.14. The van der Waals surface area contributed by atoms with Crippen molar-refractivity contribution in [1.29, 1.82) is 0 Å². The topological polar surface area (TPSA) is 36.1 Å². The molecule has 0 saturated carbocycles. The molecule has 4 rings (SSSR count). The quantitative estimate of drug-likeness (QED) is 0.406. The molecule has 3 nitrogen and oxygen atoms in total. The van der Waals surface area contributed by atoms with E-state index in [4.69, 9.17) is 0 Å². The van der Waals surface area contributed by atoms with Crippen molar-refractivity contribution in [2.75, 3.05) is 37.1 Å². The standard InChI is InChI=1S/C13H9.C8H14N3.Zr/c1-3-7-12-10(5-1)9-11-6-2-4-8-13(11)12;1-9-6-4-5-7(10-2)8(6)11-3;/h1-9H;4-5,9-11H,1-3H3;/q2*-1;+2. The predicted molar refractivity (Wildman–Crippen MR) is 108 cm³/mol. The third-order valence-electron chi connectivity index (χ3n) is 4.27. The normalized spacial score (nSPS) is 9.88. The van der Waals surface area contributed by atoms with Crippen LogP contribution in [0.5, 0.6) is 0 Å². The largest absolute Gasteiger partial charge is 2.00 e. The van der Waals surface area contributed by atoms with Gasteiger partial charge < -0.3 is 16.0 Å². The third kappa shape index (κ3) is 3.96. The van der Waals surface area contributed by atoms with Crippen molar-refractivity contribution in [2.45, 2.75) is 0 Å². The second-order valence-electron chi connectivity index (χ2n) is 5.60. The monoisotopic (exact) mass is 407 g/mol. The Kier molecular flexibility index (Phi) is 6.84. The van der Waals surface area contributed by atoms with Crippen LogP contribution in [-0.2, 0) is 26.2 Å². The van der Waals surface area contributed by atoms with E-state index in [1.807, 2.05) is 33.3 Å². The fraction of sp³-hybridized carbons (Fsp3) is 0.143. The molecule has 0 amide bonds. The minimum atomic E-state index is 0. The number of anilines is 3. The van der Waals surface area contributed by atoms with E-state index in [1.54, 1.807) is 0 Å². The van der Waals surface area contributed by atoms with E-state index in [0.29, 0.717) is 0 Å². The van der Waals surface area contributed by atoms with E-state index in [9.17, 15) is 0 Å². The first-order chi connectivity index (χ1) is 11.8. The zero-order valence-electron chi connectivity index (χ0n) is 14.9.